The van der Waals surface area contributed by atoms with Gasteiger partial charge in [0, 0.05) is 18.7 Å². The average molecular weight is 285 g/mol. The van der Waals surface area contributed by atoms with Crippen molar-refractivity contribution in [3.05, 3.63) is 29.8 Å². The Balaban J connectivity index is 1.74. The third-order valence-electron chi connectivity index (χ3n) is 4.22. The molecule has 0 radical (unpaired) electrons. The van der Waals surface area contributed by atoms with Crippen LogP contribution in [-0.2, 0) is 4.79 Å². The summed E-state index contributed by atoms with van der Waals surface area (Å²) in [5.41, 5.74) is 1.26. The number of likely N-dealkylation sites (tertiary alicyclic amines) is 1. The fourth-order valence-electron chi connectivity index (χ4n) is 2.77. The SMILES string of the molecule is CCC1CCN(CCC(=O)Nc2cccc(C#N)c2)CC1. The van der Waals surface area contributed by atoms with Crippen molar-refractivity contribution in [2.24, 2.45) is 5.92 Å². The normalized spacial score (nSPS) is 16.4. The number of hydrogen-bond donors (Lipinski definition) is 1. The zero-order valence-corrected chi connectivity index (χ0v) is 12.6. The Labute approximate surface area is 126 Å². The molecule has 0 aliphatic carbocycles. The fourth-order valence-corrected chi connectivity index (χ4v) is 2.77. The summed E-state index contributed by atoms with van der Waals surface area (Å²) >= 11 is 0. The van der Waals surface area contributed by atoms with Gasteiger partial charge in [0.05, 0.1) is 11.6 Å². The molecule has 0 spiro atoms. The summed E-state index contributed by atoms with van der Waals surface area (Å²) in [4.78, 5) is 14.3. The Kier molecular flexibility index (Phi) is 5.77. The van der Waals surface area contributed by atoms with Crippen LogP contribution in [0.4, 0.5) is 5.69 Å². The number of amides is 1. The topological polar surface area (TPSA) is 56.1 Å². The summed E-state index contributed by atoms with van der Waals surface area (Å²) in [6.07, 6.45) is 4.28. The first-order valence-electron chi connectivity index (χ1n) is 7.73. The highest BCUT2D eigenvalue weighted by Gasteiger charge is 2.18. The highest BCUT2D eigenvalue weighted by atomic mass is 16.1. The smallest absolute Gasteiger partial charge is 0.225 e. The first-order valence-corrected chi connectivity index (χ1v) is 7.73. The molecule has 1 heterocycles. The van der Waals surface area contributed by atoms with Gasteiger partial charge in [0.1, 0.15) is 0 Å². The molecule has 1 saturated heterocycles. The number of nitrogens with zero attached hydrogens (tertiary/aromatic N) is 2. The van der Waals surface area contributed by atoms with E-state index in [0.29, 0.717) is 17.7 Å². The molecule has 1 aliphatic heterocycles. The summed E-state index contributed by atoms with van der Waals surface area (Å²) in [6.45, 7) is 5.29. The Morgan fingerprint density at radius 2 is 2.19 bits per heavy atom. The van der Waals surface area contributed by atoms with Crippen LogP contribution in [0.1, 0.15) is 38.2 Å². The first-order chi connectivity index (χ1) is 10.2. The van der Waals surface area contributed by atoms with Gasteiger partial charge >= 0.3 is 0 Å². The molecule has 0 saturated carbocycles. The lowest BCUT2D eigenvalue weighted by molar-refractivity contribution is -0.116. The van der Waals surface area contributed by atoms with Crippen molar-refractivity contribution in [2.45, 2.75) is 32.6 Å². The zero-order chi connectivity index (χ0) is 15.1. The number of benzene rings is 1. The standard InChI is InChI=1S/C17H23N3O/c1-2-14-6-9-20(10-7-14)11-8-17(21)19-16-5-3-4-15(12-16)13-18/h3-5,12,14H,2,6-11H2,1H3,(H,19,21). The molecule has 112 valence electrons. The molecule has 1 amide bonds. The summed E-state index contributed by atoms with van der Waals surface area (Å²) < 4.78 is 0. The Morgan fingerprint density at radius 1 is 1.43 bits per heavy atom. The quantitative estimate of drug-likeness (QED) is 0.904. The van der Waals surface area contributed by atoms with E-state index in [1.807, 2.05) is 6.07 Å². The third kappa shape index (κ3) is 4.87. The monoisotopic (exact) mass is 285 g/mol. The Bertz CT molecular complexity index is 513. The minimum atomic E-state index is 0.0164. The van der Waals surface area contributed by atoms with Gasteiger partial charge in [-0.15, -0.1) is 0 Å². The molecule has 21 heavy (non-hydrogen) atoms. The molecule has 4 nitrogen and oxygen atoms in total. The van der Waals surface area contributed by atoms with Gasteiger partial charge in [0.25, 0.3) is 0 Å². The van der Waals surface area contributed by atoms with E-state index in [-0.39, 0.29) is 5.91 Å². The van der Waals surface area contributed by atoms with Crippen LogP contribution in [0.5, 0.6) is 0 Å². The van der Waals surface area contributed by atoms with Gasteiger partial charge in [-0.25, -0.2) is 0 Å². The molecule has 4 heteroatoms. The maximum Gasteiger partial charge on any atom is 0.225 e. The van der Waals surface area contributed by atoms with E-state index in [4.69, 9.17) is 5.26 Å². The van der Waals surface area contributed by atoms with E-state index in [2.05, 4.69) is 23.2 Å². The average Bonchev–Trinajstić information content (AvgIpc) is 2.53. The largest absolute Gasteiger partial charge is 0.326 e. The van der Waals surface area contributed by atoms with E-state index in [9.17, 15) is 4.79 Å². The van der Waals surface area contributed by atoms with Crippen molar-refractivity contribution in [3.8, 4) is 6.07 Å². The predicted octanol–water partition coefficient (Wildman–Crippen LogP) is 3.01. The van der Waals surface area contributed by atoms with Crippen LogP contribution in [0.25, 0.3) is 0 Å². The summed E-state index contributed by atoms with van der Waals surface area (Å²) in [6, 6.07) is 9.10. The number of nitriles is 1. The number of piperidine rings is 1. The maximum atomic E-state index is 12.0. The van der Waals surface area contributed by atoms with Crippen LogP contribution in [0.2, 0.25) is 0 Å². The van der Waals surface area contributed by atoms with Crippen LogP contribution >= 0.6 is 0 Å². The predicted molar refractivity (Wildman–Crippen MR) is 83.9 cm³/mol. The lowest BCUT2D eigenvalue weighted by Crippen LogP contribution is -2.35. The lowest BCUT2D eigenvalue weighted by atomic mass is 9.94. The molecule has 1 fully saturated rings. The molecule has 1 aromatic carbocycles. The molecular weight excluding hydrogens is 262 g/mol. The molecule has 0 aromatic heterocycles. The summed E-state index contributed by atoms with van der Waals surface area (Å²) in [5, 5.41) is 11.7. The second-order valence-electron chi connectivity index (χ2n) is 5.68. The van der Waals surface area contributed by atoms with Gasteiger partial charge in [-0.05, 0) is 50.0 Å². The molecular formula is C17H23N3O. The van der Waals surface area contributed by atoms with Crippen molar-refractivity contribution >= 4 is 11.6 Å². The molecule has 1 aliphatic rings. The molecule has 2 rings (SSSR count). The molecule has 1 N–H and O–H groups in total. The van der Waals surface area contributed by atoms with Gasteiger partial charge in [-0.3, -0.25) is 4.79 Å². The zero-order valence-electron chi connectivity index (χ0n) is 12.6. The summed E-state index contributed by atoms with van der Waals surface area (Å²) in [7, 11) is 0. The number of anilines is 1. The highest BCUT2D eigenvalue weighted by molar-refractivity contribution is 5.90. The second kappa shape index (κ2) is 7.80. The Morgan fingerprint density at radius 3 is 2.86 bits per heavy atom. The van der Waals surface area contributed by atoms with Gasteiger partial charge < -0.3 is 10.2 Å². The summed E-state index contributed by atoms with van der Waals surface area (Å²) in [5.74, 6) is 0.881. The van der Waals surface area contributed by atoms with Crippen molar-refractivity contribution in [1.82, 2.24) is 4.90 Å². The Hall–Kier alpha value is -1.86. The van der Waals surface area contributed by atoms with Crippen LogP contribution in [-0.4, -0.2) is 30.4 Å². The van der Waals surface area contributed by atoms with Crippen molar-refractivity contribution < 1.29 is 4.79 Å². The third-order valence-corrected chi connectivity index (χ3v) is 4.22. The van der Waals surface area contributed by atoms with E-state index < -0.39 is 0 Å². The number of carbonyl (C=O) groups excluding carboxylic acids is 1. The van der Waals surface area contributed by atoms with Crippen molar-refractivity contribution in [3.63, 3.8) is 0 Å². The van der Waals surface area contributed by atoms with E-state index in [0.717, 1.165) is 25.6 Å². The lowest BCUT2D eigenvalue weighted by Gasteiger charge is -2.31. The van der Waals surface area contributed by atoms with Gasteiger partial charge in [-0.2, -0.15) is 5.26 Å². The number of rotatable bonds is 5. The number of hydrogen-bond acceptors (Lipinski definition) is 3. The second-order valence-corrected chi connectivity index (χ2v) is 5.68. The maximum absolute atomic E-state index is 12.0. The van der Waals surface area contributed by atoms with E-state index in [1.165, 1.54) is 19.3 Å². The molecule has 0 unspecified atom stereocenters. The van der Waals surface area contributed by atoms with Crippen LogP contribution in [0, 0.1) is 17.2 Å². The van der Waals surface area contributed by atoms with Crippen molar-refractivity contribution in [1.29, 1.82) is 5.26 Å². The van der Waals surface area contributed by atoms with Crippen LogP contribution < -0.4 is 5.32 Å². The van der Waals surface area contributed by atoms with Crippen LogP contribution in [0.15, 0.2) is 24.3 Å². The van der Waals surface area contributed by atoms with Gasteiger partial charge in [0.15, 0.2) is 0 Å². The fraction of sp³-hybridized carbons (Fsp3) is 0.529. The van der Waals surface area contributed by atoms with Crippen LogP contribution in [0.3, 0.4) is 0 Å². The van der Waals surface area contributed by atoms with Gasteiger partial charge in [-0.1, -0.05) is 19.4 Å². The van der Waals surface area contributed by atoms with E-state index in [1.54, 1.807) is 18.2 Å². The van der Waals surface area contributed by atoms with Gasteiger partial charge in [0.2, 0.25) is 5.91 Å². The van der Waals surface area contributed by atoms with Crippen molar-refractivity contribution in [2.75, 3.05) is 25.0 Å². The minimum Gasteiger partial charge on any atom is -0.326 e. The molecule has 0 bridgehead atoms. The minimum absolute atomic E-state index is 0.0164. The number of nitrogens with one attached hydrogen (secondary N) is 1. The number of carbonyl (C=O) groups is 1. The van der Waals surface area contributed by atoms with E-state index >= 15 is 0 Å². The molecule has 0 atom stereocenters. The highest BCUT2D eigenvalue weighted by Crippen LogP contribution is 2.20. The molecule has 1 aromatic rings. The first kappa shape index (κ1) is 15.5.